The molecule has 11 rings (SSSR count). The van der Waals surface area contributed by atoms with Crippen molar-refractivity contribution < 1.29 is 0 Å². The second-order valence-corrected chi connectivity index (χ2v) is 15.8. The molecule has 54 heavy (non-hydrogen) atoms. The number of fused-ring (bicyclic) bond motifs is 9. The summed E-state index contributed by atoms with van der Waals surface area (Å²) in [5.41, 5.74) is 15.8. The molecule has 0 radical (unpaired) electrons. The molecule has 2 heterocycles. The number of nitrogens with zero attached hydrogens (tertiary/aromatic N) is 1. The number of aromatic nitrogens is 1. The van der Waals surface area contributed by atoms with Crippen LogP contribution in [-0.4, -0.2) is 4.57 Å². The van der Waals surface area contributed by atoms with E-state index in [4.69, 9.17) is 0 Å². The van der Waals surface area contributed by atoms with Crippen molar-refractivity contribution in [2.45, 2.75) is 25.2 Å². The molecule has 8 aromatic carbocycles. The van der Waals surface area contributed by atoms with Crippen LogP contribution in [0, 0.1) is 0 Å². The average Bonchev–Trinajstić information content (AvgIpc) is 3.74. The van der Waals surface area contributed by atoms with E-state index < -0.39 is 0 Å². The summed E-state index contributed by atoms with van der Waals surface area (Å²) in [6.45, 7) is 0. The smallest absolute Gasteiger partial charge is 0.0541 e. The first-order valence-electron chi connectivity index (χ1n) is 19.1. The molecule has 2 aromatic heterocycles. The van der Waals surface area contributed by atoms with Crippen LogP contribution >= 0.6 is 11.3 Å². The average molecular weight is 708 g/mol. The molecule has 0 spiro atoms. The number of para-hydroxylation sites is 1. The highest BCUT2D eigenvalue weighted by Gasteiger charge is 2.24. The van der Waals surface area contributed by atoms with Crippen LogP contribution in [0.2, 0.25) is 0 Å². The highest BCUT2D eigenvalue weighted by molar-refractivity contribution is 7.26. The molecule has 0 aliphatic heterocycles. The predicted octanol–water partition coefficient (Wildman–Crippen LogP) is 14.4. The zero-order valence-corrected chi connectivity index (χ0v) is 30.7. The third-order valence-corrected chi connectivity index (χ3v) is 13.0. The fourth-order valence-corrected chi connectivity index (χ4v) is 10.4. The van der Waals surface area contributed by atoms with Gasteiger partial charge < -0.3 is 4.57 Å². The standard InChI is InChI=1S/C52H37NS/c1-2-12-34(13-3-1)36-14-10-16-41(31-36)53-49-22-8-6-19-44(49)48-33-38(28-29-50(48)53)37-26-24-35-25-27-39(42-17-4-5-18-43(42)47(35)32-37)30-40-15-11-21-46-45-20-7-9-23-51(45)54-52(40)46/h1-24,26,28-29,31-33,39H,25,27,30H2. The summed E-state index contributed by atoms with van der Waals surface area (Å²) in [4.78, 5) is 0. The van der Waals surface area contributed by atoms with Crippen molar-refractivity contribution in [3.8, 4) is 39.1 Å². The molecular weight excluding hydrogens is 671 g/mol. The van der Waals surface area contributed by atoms with E-state index in [2.05, 4.69) is 187 Å². The number of hydrogen-bond acceptors (Lipinski definition) is 1. The third-order valence-electron chi connectivity index (χ3n) is 11.7. The lowest BCUT2D eigenvalue weighted by Gasteiger charge is -2.18. The van der Waals surface area contributed by atoms with Gasteiger partial charge in [0.15, 0.2) is 0 Å². The Hall–Kier alpha value is -6.22. The first-order chi connectivity index (χ1) is 26.8. The monoisotopic (exact) mass is 707 g/mol. The van der Waals surface area contributed by atoms with Gasteiger partial charge in [0.2, 0.25) is 0 Å². The Kier molecular flexibility index (Phi) is 7.38. The Labute approximate surface area is 319 Å². The molecule has 0 amide bonds. The van der Waals surface area contributed by atoms with Crippen LogP contribution in [0.25, 0.3) is 81.0 Å². The minimum absolute atomic E-state index is 0.454. The summed E-state index contributed by atoms with van der Waals surface area (Å²) in [5.74, 6) is 0.454. The van der Waals surface area contributed by atoms with Gasteiger partial charge in [-0.25, -0.2) is 0 Å². The van der Waals surface area contributed by atoms with E-state index >= 15 is 0 Å². The van der Waals surface area contributed by atoms with Crippen molar-refractivity contribution in [1.29, 1.82) is 0 Å². The van der Waals surface area contributed by atoms with Crippen molar-refractivity contribution in [2.75, 3.05) is 0 Å². The van der Waals surface area contributed by atoms with E-state index in [9.17, 15) is 0 Å². The van der Waals surface area contributed by atoms with Crippen molar-refractivity contribution in [2.24, 2.45) is 0 Å². The third kappa shape index (κ3) is 5.13. The topological polar surface area (TPSA) is 4.93 Å². The zero-order chi connectivity index (χ0) is 35.6. The Morgan fingerprint density at radius 1 is 0.481 bits per heavy atom. The number of benzene rings is 8. The Balaban J connectivity index is 0.988. The van der Waals surface area contributed by atoms with Crippen LogP contribution in [0.3, 0.4) is 0 Å². The Morgan fingerprint density at radius 2 is 1.19 bits per heavy atom. The summed E-state index contributed by atoms with van der Waals surface area (Å²) in [6.07, 6.45) is 3.27. The molecule has 2 heteroatoms. The quantitative estimate of drug-likeness (QED) is 0.168. The highest BCUT2D eigenvalue weighted by Crippen LogP contribution is 2.44. The second-order valence-electron chi connectivity index (χ2n) is 14.8. The van der Waals surface area contributed by atoms with Gasteiger partial charge >= 0.3 is 0 Å². The molecule has 256 valence electrons. The van der Waals surface area contributed by atoms with Gasteiger partial charge in [-0.1, -0.05) is 140 Å². The molecule has 0 saturated carbocycles. The first kappa shape index (κ1) is 31.3. The van der Waals surface area contributed by atoms with E-state index in [1.54, 1.807) is 0 Å². The molecule has 1 nitrogen and oxygen atoms in total. The molecule has 1 unspecified atom stereocenters. The summed E-state index contributed by atoms with van der Waals surface area (Å²) < 4.78 is 5.25. The fraction of sp³-hybridized carbons (Fsp3) is 0.0769. The normalized spacial score (nSPS) is 14.0. The van der Waals surface area contributed by atoms with E-state index in [-0.39, 0.29) is 0 Å². The van der Waals surface area contributed by atoms with Gasteiger partial charge in [0.05, 0.1) is 11.0 Å². The molecule has 1 aliphatic carbocycles. The van der Waals surface area contributed by atoms with Crippen LogP contribution in [0.4, 0.5) is 0 Å². The summed E-state index contributed by atoms with van der Waals surface area (Å²) in [6, 6.07) is 67.7. The van der Waals surface area contributed by atoms with E-state index in [1.165, 1.54) is 97.7 Å². The lowest BCUT2D eigenvalue weighted by molar-refractivity contribution is 0.631. The maximum Gasteiger partial charge on any atom is 0.0541 e. The largest absolute Gasteiger partial charge is 0.309 e. The van der Waals surface area contributed by atoms with Gasteiger partial charge in [-0.05, 0) is 118 Å². The summed E-state index contributed by atoms with van der Waals surface area (Å²) in [7, 11) is 0. The predicted molar refractivity (Wildman–Crippen MR) is 231 cm³/mol. The van der Waals surface area contributed by atoms with Gasteiger partial charge in [-0.2, -0.15) is 0 Å². The van der Waals surface area contributed by atoms with Crippen LogP contribution in [0.5, 0.6) is 0 Å². The zero-order valence-electron chi connectivity index (χ0n) is 29.9. The van der Waals surface area contributed by atoms with Crippen LogP contribution in [0.1, 0.15) is 29.0 Å². The number of hydrogen-bond donors (Lipinski definition) is 0. The van der Waals surface area contributed by atoms with Gasteiger partial charge in [-0.3, -0.25) is 0 Å². The molecular formula is C52H37NS. The van der Waals surface area contributed by atoms with Crippen molar-refractivity contribution in [3.05, 3.63) is 199 Å². The molecule has 1 atom stereocenters. The van der Waals surface area contributed by atoms with Gasteiger partial charge in [0.1, 0.15) is 0 Å². The number of rotatable bonds is 5. The maximum absolute atomic E-state index is 2.47. The summed E-state index contributed by atoms with van der Waals surface area (Å²) >= 11 is 1.95. The van der Waals surface area contributed by atoms with Crippen LogP contribution in [0.15, 0.2) is 182 Å². The SMILES string of the molecule is c1ccc(-c2cccc(-n3c4ccccc4c4cc(-c5ccc6c(c5)-c5ccccc5C(Cc5cccc7c5sc5ccccc57)CC6)ccc43)c2)cc1. The minimum atomic E-state index is 0.454. The van der Waals surface area contributed by atoms with Gasteiger partial charge in [0.25, 0.3) is 0 Å². The number of thiophene rings is 1. The molecule has 0 fully saturated rings. The van der Waals surface area contributed by atoms with Crippen molar-refractivity contribution >= 4 is 53.3 Å². The van der Waals surface area contributed by atoms with E-state index in [0.29, 0.717) is 5.92 Å². The fourth-order valence-electron chi connectivity index (χ4n) is 9.14. The highest BCUT2D eigenvalue weighted by atomic mass is 32.1. The van der Waals surface area contributed by atoms with Gasteiger partial charge in [0, 0.05) is 36.6 Å². The maximum atomic E-state index is 2.47. The molecule has 0 N–H and O–H groups in total. The minimum Gasteiger partial charge on any atom is -0.309 e. The van der Waals surface area contributed by atoms with Crippen molar-refractivity contribution in [3.63, 3.8) is 0 Å². The van der Waals surface area contributed by atoms with Crippen LogP contribution in [-0.2, 0) is 12.8 Å². The Bertz CT molecular complexity index is 3030. The first-order valence-corrected chi connectivity index (χ1v) is 19.9. The lowest BCUT2D eigenvalue weighted by atomic mass is 9.86. The van der Waals surface area contributed by atoms with E-state index in [1.807, 2.05) is 11.3 Å². The molecule has 1 aliphatic rings. The summed E-state index contributed by atoms with van der Waals surface area (Å²) in [5, 5.41) is 5.32. The van der Waals surface area contributed by atoms with Crippen molar-refractivity contribution in [1.82, 2.24) is 4.57 Å². The molecule has 10 aromatic rings. The van der Waals surface area contributed by atoms with Gasteiger partial charge in [-0.15, -0.1) is 11.3 Å². The Morgan fingerprint density at radius 3 is 2.13 bits per heavy atom. The molecule has 0 saturated heterocycles. The lowest BCUT2D eigenvalue weighted by Crippen LogP contribution is -2.04. The van der Waals surface area contributed by atoms with E-state index in [0.717, 1.165) is 19.3 Å². The number of aryl methyl sites for hydroxylation is 1. The molecule has 0 bridgehead atoms. The second kappa shape index (κ2) is 12.7. The van der Waals surface area contributed by atoms with Crippen LogP contribution < -0.4 is 0 Å².